The molecule has 0 bridgehead atoms. The van der Waals surface area contributed by atoms with Gasteiger partial charge in [-0.05, 0) is 30.7 Å². The Morgan fingerprint density at radius 1 is 1.18 bits per heavy atom. The van der Waals surface area contributed by atoms with Crippen LogP contribution in [0.4, 0.5) is 0 Å². The molecule has 2 aromatic carbocycles. The first kappa shape index (κ1) is 23.1. The Morgan fingerprint density at radius 3 is 2.70 bits per heavy atom. The summed E-state index contributed by atoms with van der Waals surface area (Å²) in [6, 6.07) is 17.3. The molecule has 3 aromatic rings. The molecule has 0 radical (unpaired) electrons. The number of ether oxygens (including phenoxy) is 1. The summed E-state index contributed by atoms with van der Waals surface area (Å²) < 4.78 is 7.12. The Morgan fingerprint density at radius 2 is 1.97 bits per heavy atom. The zero-order chi connectivity index (χ0) is 23.0. The van der Waals surface area contributed by atoms with Gasteiger partial charge in [-0.1, -0.05) is 53.9 Å². The van der Waals surface area contributed by atoms with Crippen LogP contribution in [-0.4, -0.2) is 55.8 Å². The molecule has 0 saturated carbocycles. The molecule has 0 saturated heterocycles. The van der Waals surface area contributed by atoms with E-state index in [2.05, 4.69) is 26.0 Å². The molecule has 9 nitrogen and oxygen atoms in total. The minimum atomic E-state index is -0.345. The van der Waals surface area contributed by atoms with Gasteiger partial charge in [0.2, 0.25) is 5.91 Å². The Balaban J connectivity index is 1.33. The lowest BCUT2D eigenvalue weighted by Gasteiger charge is -2.12. The standard InChI is InChI=1S/C22H24N6O3S2/c1-31-17-10-8-16(9-11-17)20-25-26-21(33-20)23-18(30)14-32-22-27-24-19(28(22)12-5-13-29)15-6-3-2-4-7-15/h2-4,6-11,21,26,29H,5,12-14H2,1H3,(H,23,30). The van der Waals surface area contributed by atoms with Crippen molar-refractivity contribution < 1.29 is 14.6 Å². The molecule has 3 N–H and O–H groups in total. The highest BCUT2D eigenvalue weighted by Gasteiger charge is 2.23. The third-order valence-corrected chi connectivity index (χ3v) is 6.74. The maximum absolute atomic E-state index is 12.6. The van der Waals surface area contributed by atoms with Gasteiger partial charge in [-0.15, -0.1) is 10.2 Å². The summed E-state index contributed by atoms with van der Waals surface area (Å²) in [5.41, 5.74) is 4.49. The lowest BCUT2D eigenvalue weighted by molar-refractivity contribution is -0.118. The Kier molecular flexibility index (Phi) is 7.87. The maximum atomic E-state index is 12.6. The van der Waals surface area contributed by atoms with E-state index in [9.17, 15) is 9.90 Å². The topological polar surface area (TPSA) is 114 Å². The molecule has 1 amide bonds. The molecule has 0 aliphatic carbocycles. The zero-order valence-electron chi connectivity index (χ0n) is 18.0. The van der Waals surface area contributed by atoms with Crippen LogP contribution in [0, 0.1) is 0 Å². The molecule has 11 heteroatoms. The van der Waals surface area contributed by atoms with Gasteiger partial charge in [0.05, 0.1) is 12.9 Å². The number of benzene rings is 2. The predicted molar refractivity (Wildman–Crippen MR) is 130 cm³/mol. The van der Waals surface area contributed by atoms with Crippen molar-refractivity contribution in [1.82, 2.24) is 25.5 Å². The Labute approximate surface area is 200 Å². The molecule has 33 heavy (non-hydrogen) atoms. The number of methoxy groups -OCH3 is 1. The highest BCUT2D eigenvalue weighted by atomic mass is 32.2. The smallest absolute Gasteiger partial charge is 0.232 e. The van der Waals surface area contributed by atoms with Gasteiger partial charge in [0, 0.05) is 24.3 Å². The molecular formula is C22H24N6O3S2. The summed E-state index contributed by atoms with van der Waals surface area (Å²) in [4.78, 5) is 12.6. The molecule has 1 aliphatic rings. The molecule has 0 spiro atoms. The van der Waals surface area contributed by atoms with Gasteiger partial charge >= 0.3 is 0 Å². The van der Waals surface area contributed by atoms with Crippen molar-refractivity contribution in [3.05, 3.63) is 60.2 Å². The van der Waals surface area contributed by atoms with Gasteiger partial charge in [-0.3, -0.25) is 10.2 Å². The quantitative estimate of drug-likeness (QED) is 0.376. The lowest BCUT2D eigenvalue weighted by atomic mass is 10.2. The molecule has 1 aliphatic heterocycles. The van der Waals surface area contributed by atoms with Crippen LogP contribution in [-0.2, 0) is 11.3 Å². The number of hydrogen-bond donors (Lipinski definition) is 3. The number of hydrazone groups is 1. The summed E-state index contributed by atoms with van der Waals surface area (Å²) >= 11 is 2.75. The second-order valence-electron chi connectivity index (χ2n) is 7.03. The highest BCUT2D eigenvalue weighted by molar-refractivity contribution is 8.15. The van der Waals surface area contributed by atoms with E-state index in [1.54, 1.807) is 7.11 Å². The van der Waals surface area contributed by atoms with Gasteiger partial charge in [0.15, 0.2) is 16.5 Å². The van der Waals surface area contributed by atoms with Crippen molar-refractivity contribution in [3.8, 4) is 17.1 Å². The number of amides is 1. The SMILES string of the molecule is COc1ccc(C2=NNC(NC(=O)CSc3nnc(-c4ccccc4)n3CCCO)S2)cc1. The van der Waals surface area contributed by atoms with Crippen LogP contribution in [0.5, 0.6) is 5.75 Å². The molecule has 1 atom stereocenters. The normalized spacial score (nSPS) is 15.1. The first-order valence-electron chi connectivity index (χ1n) is 10.3. The van der Waals surface area contributed by atoms with Crippen LogP contribution in [0.3, 0.4) is 0 Å². The van der Waals surface area contributed by atoms with E-state index in [1.807, 2.05) is 59.2 Å². The van der Waals surface area contributed by atoms with Crippen molar-refractivity contribution in [3.63, 3.8) is 0 Å². The maximum Gasteiger partial charge on any atom is 0.232 e. The van der Waals surface area contributed by atoms with Crippen molar-refractivity contribution in [2.75, 3.05) is 19.5 Å². The number of thioether (sulfide) groups is 2. The number of hydrogen-bond acceptors (Lipinski definition) is 9. The molecule has 2 heterocycles. The van der Waals surface area contributed by atoms with Crippen LogP contribution in [0.1, 0.15) is 12.0 Å². The fraction of sp³-hybridized carbons (Fsp3) is 0.273. The van der Waals surface area contributed by atoms with Gasteiger partial charge in [0.1, 0.15) is 10.8 Å². The molecule has 1 aromatic heterocycles. The van der Waals surface area contributed by atoms with E-state index < -0.39 is 0 Å². The summed E-state index contributed by atoms with van der Waals surface area (Å²) in [6.07, 6.45) is 0.575. The number of nitrogens with zero attached hydrogens (tertiary/aromatic N) is 4. The highest BCUT2D eigenvalue weighted by Crippen LogP contribution is 2.25. The van der Waals surface area contributed by atoms with E-state index >= 15 is 0 Å². The molecule has 1 unspecified atom stereocenters. The number of rotatable bonds is 10. The fourth-order valence-electron chi connectivity index (χ4n) is 3.15. The van der Waals surface area contributed by atoms with E-state index in [4.69, 9.17) is 4.74 Å². The Bertz CT molecular complexity index is 1110. The van der Waals surface area contributed by atoms with Crippen molar-refractivity contribution in [1.29, 1.82) is 0 Å². The first-order valence-corrected chi connectivity index (χ1v) is 12.2. The van der Waals surface area contributed by atoms with Crippen LogP contribution in [0.15, 0.2) is 64.9 Å². The minimum absolute atomic E-state index is 0.0676. The van der Waals surface area contributed by atoms with Gasteiger partial charge in [0.25, 0.3) is 0 Å². The van der Waals surface area contributed by atoms with E-state index in [0.717, 1.165) is 27.7 Å². The minimum Gasteiger partial charge on any atom is -0.497 e. The molecular weight excluding hydrogens is 460 g/mol. The number of carbonyl (C=O) groups is 1. The predicted octanol–water partition coefficient (Wildman–Crippen LogP) is 2.53. The van der Waals surface area contributed by atoms with Gasteiger partial charge in [-0.2, -0.15) is 5.10 Å². The van der Waals surface area contributed by atoms with Crippen LogP contribution in [0.25, 0.3) is 11.4 Å². The Hall–Kier alpha value is -3.02. The van der Waals surface area contributed by atoms with Gasteiger partial charge < -0.3 is 19.7 Å². The average Bonchev–Trinajstić information content (AvgIpc) is 3.49. The van der Waals surface area contributed by atoms with Crippen molar-refractivity contribution in [2.45, 2.75) is 23.6 Å². The summed E-state index contributed by atoms with van der Waals surface area (Å²) in [5.74, 6) is 1.54. The first-order chi connectivity index (χ1) is 16.2. The largest absolute Gasteiger partial charge is 0.497 e. The molecule has 172 valence electrons. The van der Waals surface area contributed by atoms with Crippen LogP contribution < -0.4 is 15.5 Å². The second-order valence-corrected chi connectivity index (χ2v) is 9.07. The average molecular weight is 485 g/mol. The molecule has 0 fully saturated rings. The number of carbonyl (C=O) groups excluding carboxylic acids is 1. The van der Waals surface area contributed by atoms with Crippen LogP contribution >= 0.6 is 23.5 Å². The number of nitrogens with one attached hydrogen (secondary N) is 2. The van der Waals surface area contributed by atoms with E-state index in [1.165, 1.54) is 23.5 Å². The molecule has 4 rings (SSSR count). The van der Waals surface area contributed by atoms with Crippen molar-refractivity contribution >= 4 is 34.5 Å². The van der Waals surface area contributed by atoms with Crippen molar-refractivity contribution in [2.24, 2.45) is 5.10 Å². The van der Waals surface area contributed by atoms with E-state index in [-0.39, 0.29) is 23.8 Å². The summed E-state index contributed by atoms with van der Waals surface area (Å²) in [5, 5.41) is 26.5. The fourth-order valence-corrected chi connectivity index (χ4v) is 4.83. The number of aromatic nitrogens is 3. The third-order valence-electron chi connectivity index (χ3n) is 4.76. The monoisotopic (exact) mass is 484 g/mol. The number of aliphatic hydroxyl groups is 1. The van der Waals surface area contributed by atoms with Crippen LogP contribution in [0.2, 0.25) is 0 Å². The van der Waals surface area contributed by atoms with Gasteiger partial charge in [-0.25, -0.2) is 0 Å². The summed E-state index contributed by atoms with van der Waals surface area (Å²) in [7, 11) is 1.62. The zero-order valence-corrected chi connectivity index (χ0v) is 19.6. The lowest BCUT2D eigenvalue weighted by Crippen LogP contribution is -2.39. The second kappa shape index (κ2) is 11.2. The number of aliphatic hydroxyl groups excluding tert-OH is 1. The third kappa shape index (κ3) is 5.86. The van der Waals surface area contributed by atoms with E-state index in [0.29, 0.717) is 18.1 Å². The summed E-state index contributed by atoms with van der Waals surface area (Å²) in [6.45, 7) is 0.634.